The van der Waals surface area contributed by atoms with Crippen LogP contribution in [0.4, 0.5) is 5.69 Å². The predicted octanol–water partition coefficient (Wildman–Crippen LogP) is 2.99. The molecule has 1 aromatic carbocycles. The Balaban J connectivity index is 1.45. The van der Waals surface area contributed by atoms with Crippen LogP contribution in [0.1, 0.15) is 45.6 Å². The van der Waals surface area contributed by atoms with Gasteiger partial charge in [0.25, 0.3) is 5.91 Å². The average molecular weight is 484 g/mol. The molecule has 9 heteroatoms. The monoisotopic (exact) mass is 483 g/mol. The number of benzene rings is 1. The molecule has 2 aliphatic rings. The maximum absolute atomic E-state index is 12.8. The first-order valence-electron chi connectivity index (χ1n) is 11.6. The number of nitrogens with zero attached hydrogens (tertiary/aromatic N) is 3. The number of carbonyl (C=O) groups is 1. The van der Waals surface area contributed by atoms with Gasteiger partial charge in [0.15, 0.2) is 6.29 Å². The molecule has 3 N–H and O–H groups in total. The fraction of sp³-hybridized carbons (Fsp3) is 0.480. The van der Waals surface area contributed by atoms with Crippen LogP contribution in [-0.4, -0.2) is 59.5 Å². The summed E-state index contributed by atoms with van der Waals surface area (Å²) in [7, 11) is 0. The quantitative estimate of drug-likeness (QED) is 0.579. The Hall–Kier alpha value is -2.54. The molecule has 8 nitrogen and oxygen atoms in total. The molecule has 3 atom stereocenters. The first-order chi connectivity index (χ1) is 16.3. The smallest absolute Gasteiger partial charge is 0.257 e. The third kappa shape index (κ3) is 5.74. The molecule has 3 heterocycles. The van der Waals surface area contributed by atoms with E-state index in [2.05, 4.69) is 26.6 Å². The molecule has 1 unspecified atom stereocenters. The van der Waals surface area contributed by atoms with E-state index in [4.69, 9.17) is 16.3 Å². The molecule has 1 aromatic heterocycles. The highest BCUT2D eigenvalue weighted by Crippen LogP contribution is 2.28. The average Bonchev–Trinajstić information content (AvgIpc) is 3.21. The Morgan fingerprint density at radius 1 is 1.41 bits per heavy atom. The fourth-order valence-electron chi connectivity index (χ4n) is 4.65. The van der Waals surface area contributed by atoms with Gasteiger partial charge in [0, 0.05) is 55.0 Å². The maximum Gasteiger partial charge on any atom is 0.257 e. The normalized spacial score (nSPS) is 23.0. The lowest BCUT2D eigenvalue weighted by atomic mass is 9.96. The van der Waals surface area contributed by atoms with Crippen molar-refractivity contribution in [1.82, 2.24) is 15.2 Å². The lowest BCUT2D eigenvalue weighted by molar-refractivity contribution is -0.0855. The number of ether oxygens (including phenoxy) is 1. The SMILES string of the molecule is Cc1ncc(C(=O)Nc2cc(Cl)cc(CN3CCN[C@@H](CC4CCO[C@@H]4O)C3)c2C)cc1C#N. The molecule has 2 aromatic rings. The number of hydrogen-bond acceptors (Lipinski definition) is 7. The first-order valence-corrected chi connectivity index (χ1v) is 11.9. The van der Waals surface area contributed by atoms with Crippen LogP contribution in [-0.2, 0) is 11.3 Å². The number of aromatic nitrogens is 1. The van der Waals surface area contributed by atoms with Gasteiger partial charge in [0.2, 0.25) is 0 Å². The number of rotatable bonds is 6. The third-order valence-corrected chi connectivity index (χ3v) is 6.92. The molecule has 2 aliphatic heterocycles. The fourth-order valence-corrected chi connectivity index (χ4v) is 4.89. The summed E-state index contributed by atoms with van der Waals surface area (Å²) < 4.78 is 5.30. The van der Waals surface area contributed by atoms with Crippen LogP contribution in [0.5, 0.6) is 0 Å². The van der Waals surface area contributed by atoms with Crippen molar-refractivity contribution in [3.8, 4) is 6.07 Å². The molecule has 2 fully saturated rings. The molecule has 4 rings (SSSR count). The van der Waals surface area contributed by atoms with Crippen LogP contribution >= 0.6 is 11.6 Å². The van der Waals surface area contributed by atoms with Crippen molar-refractivity contribution >= 4 is 23.2 Å². The highest BCUT2D eigenvalue weighted by Gasteiger charge is 2.30. The zero-order valence-electron chi connectivity index (χ0n) is 19.5. The lowest BCUT2D eigenvalue weighted by Gasteiger charge is -2.35. The number of anilines is 1. The number of halogens is 1. The van der Waals surface area contributed by atoms with Gasteiger partial charge in [-0.05, 0) is 56.0 Å². The van der Waals surface area contributed by atoms with Crippen molar-refractivity contribution < 1.29 is 14.6 Å². The van der Waals surface area contributed by atoms with E-state index in [1.165, 1.54) is 6.20 Å². The number of hydrogen-bond donors (Lipinski definition) is 3. The summed E-state index contributed by atoms with van der Waals surface area (Å²) in [6, 6.07) is 7.59. The minimum atomic E-state index is -0.661. The Bertz CT molecular complexity index is 1100. The van der Waals surface area contributed by atoms with E-state index >= 15 is 0 Å². The Kier molecular flexibility index (Phi) is 7.81. The topological polar surface area (TPSA) is 111 Å². The van der Waals surface area contributed by atoms with Crippen LogP contribution < -0.4 is 10.6 Å². The predicted molar refractivity (Wildman–Crippen MR) is 130 cm³/mol. The van der Waals surface area contributed by atoms with E-state index in [-0.39, 0.29) is 17.9 Å². The number of aliphatic hydroxyl groups is 1. The lowest BCUT2D eigenvalue weighted by Crippen LogP contribution is -2.51. The first kappa shape index (κ1) is 24.6. The highest BCUT2D eigenvalue weighted by molar-refractivity contribution is 6.31. The molecule has 34 heavy (non-hydrogen) atoms. The molecule has 0 aliphatic carbocycles. The molecule has 1 amide bonds. The van der Waals surface area contributed by atoms with Gasteiger partial charge in [0.1, 0.15) is 6.07 Å². The van der Waals surface area contributed by atoms with Crippen LogP contribution in [0.25, 0.3) is 0 Å². The maximum atomic E-state index is 12.8. The molecule has 0 saturated carbocycles. The Labute approximate surface area is 204 Å². The van der Waals surface area contributed by atoms with Crippen molar-refractivity contribution in [2.75, 3.05) is 31.6 Å². The van der Waals surface area contributed by atoms with Crippen molar-refractivity contribution in [2.24, 2.45) is 5.92 Å². The van der Waals surface area contributed by atoms with Gasteiger partial charge < -0.3 is 20.5 Å². The summed E-state index contributed by atoms with van der Waals surface area (Å²) in [5, 5.41) is 26.3. The zero-order chi connectivity index (χ0) is 24.2. The van der Waals surface area contributed by atoms with Gasteiger partial charge in [-0.15, -0.1) is 0 Å². The van der Waals surface area contributed by atoms with Crippen LogP contribution in [0.2, 0.25) is 5.02 Å². The number of amides is 1. The second-order valence-electron chi connectivity index (χ2n) is 9.09. The molecule has 0 spiro atoms. The summed E-state index contributed by atoms with van der Waals surface area (Å²) >= 11 is 6.42. The molecule has 2 saturated heterocycles. The van der Waals surface area contributed by atoms with Crippen LogP contribution in [0.3, 0.4) is 0 Å². The third-order valence-electron chi connectivity index (χ3n) is 6.70. The molecule has 180 valence electrons. The van der Waals surface area contributed by atoms with Gasteiger partial charge >= 0.3 is 0 Å². The van der Waals surface area contributed by atoms with E-state index in [1.807, 2.05) is 13.0 Å². The van der Waals surface area contributed by atoms with Gasteiger partial charge in [0.05, 0.1) is 23.4 Å². The van der Waals surface area contributed by atoms with Gasteiger partial charge in [-0.2, -0.15) is 5.26 Å². The summed E-state index contributed by atoms with van der Waals surface area (Å²) in [5.41, 5.74) is 3.93. The number of piperazine rings is 1. The van der Waals surface area contributed by atoms with E-state index in [0.29, 0.717) is 40.7 Å². The van der Waals surface area contributed by atoms with Gasteiger partial charge in [-0.1, -0.05) is 11.6 Å². The van der Waals surface area contributed by atoms with Crippen LogP contribution in [0, 0.1) is 31.1 Å². The van der Waals surface area contributed by atoms with Crippen LogP contribution in [0.15, 0.2) is 24.4 Å². The van der Waals surface area contributed by atoms with Crippen molar-refractivity contribution in [1.29, 1.82) is 5.26 Å². The standard InChI is InChI=1S/C25H30ClN5O3/c1-15-20(13-31-5-4-28-22(14-31)9-17-3-6-34-25(17)33)8-21(26)10-23(15)30-24(32)19-7-18(11-27)16(2)29-12-19/h7-8,10,12,17,22,25,28,33H,3-6,9,13-14H2,1-2H3,(H,30,32)/t17?,22-,25-/m0/s1. The van der Waals surface area contributed by atoms with Gasteiger partial charge in [-0.3, -0.25) is 14.7 Å². The summed E-state index contributed by atoms with van der Waals surface area (Å²) in [4.78, 5) is 19.4. The summed E-state index contributed by atoms with van der Waals surface area (Å²) in [5.74, 6) is -0.162. The van der Waals surface area contributed by atoms with Crippen molar-refractivity contribution in [2.45, 2.75) is 45.6 Å². The second-order valence-corrected chi connectivity index (χ2v) is 9.53. The van der Waals surface area contributed by atoms with Crippen molar-refractivity contribution in [3.63, 3.8) is 0 Å². The van der Waals surface area contributed by atoms with Crippen molar-refractivity contribution in [3.05, 3.63) is 57.4 Å². The largest absolute Gasteiger partial charge is 0.368 e. The number of pyridine rings is 1. The molecule has 0 radical (unpaired) electrons. The Morgan fingerprint density at radius 3 is 2.97 bits per heavy atom. The number of nitriles is 1. The molecular formula is C25H30ClN5O3. The number of aryl methyl sites for hydroxylation is 1. The summed E-state index contributed by atoms with van der Waals surface area (Å²) in [6.07, 6.45) is 2.58. The summed E-state index contributed by atoms with van der Waals surface area (Å²) in [6.45, 7) is 7.68. The van der Waals surface area contributed by atoms with E-state index < -0.39 is 6.29 Å². The van der Waals surface area contributed by atoms with E-state index in [9.17, 15) is 15.2 Å². The minimum Gasteiger partial charge on any atom is -0.368 e. The molecular weight excluding hydrogens is 454 g/mol. The minimum absolute atomic E-state index is 0.171. The molecule has 0 bridgehead atoms. The Morgan fingerprint density at radius 2 is 2.24 bits per heavy atom. The number of nitrogens with one attached hydrogen (secondary N) is 2. The number of carbonyl (C=O) groups excluding carboxylic acids is 1. The van der Waals surface area contributed by atoms with Gasteiger partial charge in [-0.25, -0.2) is 0 Å². The highest BCUT2D eigenvalue weighted by atomic mass is 35.5. The van der Waals surface area contributed by atoms with E-state index in [0.717, 1.165) is 43.6 Å². The van der Waals surface area contributed by atoms with E-state index in [1.54, 1.807) is 19.1 Å². The second kappa shape index (κ2) is 10.8. The number of aliphatic hydroxyl groups excluding tert-OH is 1. The zero-order valence-corrected chi connectivity index (χ0v) is 20.2.